The summed E-state index contributed by atoms with van der Waals surface area (Å²) >= 11 is 0. The van der Waals surface area contributed by atoms with E-state index in [1.807, 2.05) is 31.3 Å². The van der Waals surface area contributed by atoms with Crippen LogP contribution in [0, 0.1) is 0 Å². The zero-order valence-corrected chi connectivity index (χ0v) is 12.3. The summed E-state index contributed by atoms with van der Waals surface area (Å²) in [4.78, 5) is 21.6. The minimum Gasteiger partial charge on any atom is -0.341 e. The second kappa shape index (κ2) is 6.37. The van der Waals surface area contributed by atoms with Gasteiger partial charge in [-0.05, 0) is 19.2 Å². The maximum Gasteiger partial charge on any atom is 0.136 e. The highest BCUT2D eigenvalue weighted by Gasteiger charge is 2.27. The lowest BCUT2D eigenvalue weighted by molar-refractivity contribution is -0.123. The van der Waals surface area contributed by atoms with E-state index in [9.17, 15) is 4.79 Å². The third-order valence-corrected chi connectivity index (χ3v) is 3.42. The van der Waals surface area contributed by atoms with Crippen molar-refractivity contribution in [1.29, 1.82) is 0 Å². The Kier molecular flexibility index (Phi) is 5.35. The first kappa shape index (κ1) is 16.0. The summed E-state index contributed by atoms with van der Waals surface area (Å²) in [5, 5.41) is 0. The van der Waals surface area contributed by atoms with E-state index in [2.05, 4.69) is 14.9 Å². The number of carbonyl (C=O) groups excluding carboxylic acids is 1. The summed E-state index contributed by atoms with van der Waals surface area (Å²) in [5.74, 6) is 1.23. The van der Waals surface area contributed by atoms with Crippen LogP contribution >= 0.6 is 24.8 Å². The molecule has 1 aliphatic heterocycles. The second-order valence-electron chi connectivity index (χ2n) is 4.63. The van der Waals surface area contributed by atoms with E-state index >= 15 is 0 Å². The number of ketones is 1. The number of nitrogens with one attached hydrogen (secondary N) is 1. The Hall–Kier alpha value is -1.10. The molecule has 1 aliphatic rings. The number of para-hydroxylation sites is 2. The van der Waals surface area contributed by atoms with Crippen LogP contribution in [0.4, 0.5) is 0 Å². The minimum atomic E-state index is 0. The summed E-state index contributed by atoms with van der Waals surface area (Å²) < 4.78 is 0. The van der Waals surface area contributed by atoms with E-state index in [1.165, 1.54) is 0 Å². The quantitative estimate of drug-likeness (QED) is 0.881. The topological polar surface area (TPSA) is 49.0 Å². The van der Waals surface area contributed by atoms with Crippen molar-refractivity contribution in [2.45, 2.75) is 18.9 Å². The van der Waals surface area contributed by atoms with Crippen molar-refractivity contribution >= 4 is 41.6 Å². The van der Waals surface area contributed by atoms with Gasteiger partial charge < -0.3 is 4.98 Å². The largest absolute Gasteiger partial charge is 0.341 e. The maximum atomic E-state index is 11.5. The van der Waals surface area contributed by atoms with Gasteiger partial charge >= 0.3 is 0 Å². The number of rotatable bonds is 1. The molecule has 1 fully saturated rings. The number of imidazole rings is 1. The average molecular weight is 302 g/mol. The molecule has 1 aromatic heterocycles. The van der Waals surface area contributed by atoms with E-state index in [-0.39, 0.29) is 30.9 Å². The molecule has 1 unspecified atom stereocenters. The Bertz CT molecular complexity index is 537. The first-order valence-corrected chi connectivity index (χ1v) is 5.90. The molecule has 19 heavy (non-hydrogen) atoms. The molecular formula is C13H17Cl2N3O. The SMILES string of the molecule is CN1CCC(=O)CC1c1nc2ccccc2[nH]1.Cl.Cl. The van der Waals surface area contributed by atoms with Crippen LogP contribution in [0.3, 0.4) is 0 Å². The number of fused-ring (bicyclic) bond motifs is 1. The summed E-state index contributed by atoms with van der Waals surface area (Å²) in [5.41, 5.74) is 2.00. The third-order valence-electron chi connectivity index (χ3n) is 3.42. The Morgan fingerprint density at radius 2 is 2.05 bits per heavy atom. The van der Waals surface area contributed by atoms with Crippen molar-refractivity contribution in [2.24, 2.45) is 0 Å². The molecule has 6 heteroatoms. The number of aromatic amines is 1. The van der Waals surface area contributed by atoms with Crippen molar-refractivity contribution in [3.8, 4) is 0 Å². The van der Waals surface area contributed by atoms with E-state index in [0.717, 1.165) is 23.4 Å². The third kappa shape index (κ3) is 3.08. The molecule has 2 heterocycles. The molecule has 0 saturated carbocycles. The van der Waals surface area contributed by atoms with Gasteiger partial charge in [0.05, 0.1) is 17.1 Å². The van der Waals surface area contributed by atoms with E-state index in [4.69, 9.17) is 0 Å². The van der Waals surface area contributed by atoms with Crippen LogP contribution in [0.25, 0.3) is 11.0 Å². The predicted octanol–water partition coefficient (Wildman–Crippen LogP) is 2.74. The lowest BCUT2D eigenvalue weighted by Crippen LogP contribution is -2.34. The summed E-state index contributed by atoms with van der Waals surface area (Å²) in [6.07, 6.45) is 1.23. The van der Waals surface area contributed by atoms with Gasteiger partial charge in [0, 0.05) is 19.4 Å². The Labute approximate surface area is 124 Å². The number of H-pyrrole nitrogens is 1. The van der Waals surface area contributed by atoms with Gasteiger partial charge in [-0.3, -0.25) is 9.69 Å². The maximum absolute atomic E-state index is 11.5. The Balaban J connectivity index is 0.000000902. The van der Waals surface area contributed by atoms with Crippen molar-refractivity contribution in [3.05, 3.63) is 30.1 Å². The number of benzene rings is 1. The number of piperidine rings is 1. The van der Waals surface area contributed by atoms with Crippen LogP contribution in [0.2, 0.25) is 0 Å². The molecule has 0 spiro atoms. The smallest absolute Gasteiger partial charge is 0.136 e. The monoisotopic (exact) mass is 301 g/mol. The van der Waals surface area contributed by atoms with Crippen molar-refractivity contribution in [3.63, 3.8) is 0 Å². The van der Waals surface area contributed by atoms with Gasteiger partial charge in [-0.2, -0.15) is 0 Å². The molecule has 104 valence electrons. The fourth-order valence-corrected chi connectivity index (χ4v) is 2.37. The van der Waals surface area contributed by atoms with Crippen LogP contribution < -0.4 is 0 Å². The number of hydrogen-bond acceptors (Lipinski definition) is 3. The van der Waals surface area contributed by atoms with Gasteiger partial charge in [-0.1, -0.05) is 12.1 Å². The molecule has 0 amide bonds. The van der Waals surface area contributed by atoms with Gasteiger partial charge in [0.15, 0.2) is 0 Å². The molecule has 1 aromatic carbocycles. The van der Waals surface area contributed by atoms with Gasteiger partial charge in [-0.15, -0.1) is 24.8 Å². The highest BCUT2D eigenvalue weighted by molar-refractivity contribution is 5.85. The van der Waals surface area contributed by atoms with Gasteiger partial charge in [0.2, 0.25) is 0 Å². The van der Waals surface area contributed by atoms with Crippen LogP contribution in [0.15, 0.2) is 24.3 Å². The highest BCUT2D eigenvalue weighted by Crippen LogP contribution is 2.27. The molecule has 1 atom stereocenters. The number of likely N-dealkylation sites (tertiary alicyclic amines) is 1. The zero-order valence-electron chi connectivity index (χ0n) is 10.6. The lowest BCUT2D eigenvalue weighted by Gasteiger charge is -2.29. The first-order valence-electron chi connectivity index (χ1n) is 5.90. The van der Waals surface area contributed by atoms with Gasteiger partial charge in [0.25, 0.3) is 0 Å². The molecular weight excluding hydrogens is 285 g/mol. The van der Waals surface area contributed by atoms with Crippen LogP contribution in [0.5, 0.6) is 0 Å². The number of aromatic nitrogens is 2. The average Bonchev–Trinajstić information content (AvgIpc) is 2.75. The lowest BCUT2D eigenvalue weighted by atomic mass is 10.0. The molecule has 1 saturated heterocycles. The van der Waals surface area contributed by atoms with Crippen LogP contribution in [0.1, 0.15) is 24.7 Å². The Morgan fingerprint density at radius 3 is 2.79 bits per heavy atom. The summed E-state index contributed by atoms with van der Waals surface area (Å²) in [7, 11) is 2.05. The summed E-state index contributed by atoms with van der Waals surface area (Å²) in [6.45, 7) is 0.820. The normalized spacial score (nSPS) is 19.8. The minimum absolute atomic E-state index is 0. The van der Waals surface area contributed by atoms with Crippen molar-refractivity contribution in [2.75, 3.05) is 13.6 Å². The van der Waals surface area contributed by atoms with Crippen LogP contribution in [-0.4, -0.2) is 34.2 Å². The summed E-state index contributed by atoms with van der Waals surface area (Å²) in [6, 6.07) is 8.06. The van der Waals surface area contributed by atoms with Gasteiger partial charge in [-0.25, -0.2) is 4.98 Å². The number of hydrogen-bond donors (Lipinski definition) is 1. The van der Waals surface area contributed by atoms with Crippen molar-refractivity contribution < 1.29 is 4.79 Å². The number of nitrogens with zero attached hydrogens (tertiary/aromatic N) is 2. The molecule has 2 aromatic rings. The number of carbonyl (C=O) groups is 1. The fourth-order valence-electron chi connectivity index (χ4n) is 2.37. The Morgan fingerprint density at radius 1 is 1.32 bits per heavy atom. The van der Waals surface area contributed by atoms with Gasteiger partial charge in [0.1, 0.15) is 11.6 Å². The van der Waals surface area contributed by atoms with Crippen LogP contribution in [-0.2, 0) is 4.79 Å². The standard InChI is InChI=1S/C13H15N3O.2ClH/c1-16-7-6-9(17)8-12(16)13-14-10-4-2-3-5-11(10)15-13;;/h2-5,12H,6-8H2,1H3,(H,14,15);2*1H. The second-order valence-corrected chi connectivity index (χ2v) is 4.63. The zero-order chi connectivity index (χ0) is 11.8. The van der Waals surface area contributed by atoms with E-state index in [0.29, 0.717) is 18.6 Å². The molecule has 0 aliphatic carbocycles. The molecule has 0 radical (unpaired) electrons. The first-order chi connectivity index (χ1) is 8.24. The predicted molar refractivity (Wildman–Crippen MR) is 80.2 cm³/mol. The van der Waals surface area contributed by atoms with E-state index < -0.39 is 0 Å². The van der Waals surface area contributed by atoms with E-state index in [1.54, 1.807) is 0 Å². The number of Topliss-reactive ketones (excluding diaryl/α,β-unsaturated/α-hetero) is 1. The van der Waals surface area contributed by atoms with Crippen molar-refractivity contribution in [1.82, 2.24) is 14.9 Å². The molecule has 1 N–H and O–H groups in total. The fraction of sp³-hybridized carbons (Fsp3) is 0.385. The molecule has 4 nitrogen and oxygen atoms in total. The molecule has 3 rings (SSSR count). The highest BCUT2D eigenvalue weighted by atomic mass is 35.5. The number of halogens is 2. The molecule has 0 bridgehead atoms.